The lowest BCUT2D eigenvalue weighted by atomic mass is 9.81. The van der Waals surface area contributed by atoms with Crippen molar-refractivity contribution < 1.29 is 40.5 Å². The largest absolute Gasteiger partial charge is 0.394 e. The zero-order chi connectivity index (χ0) is 15.0. The first-order chi connectivity index (χ1) is 9.38. The standard InChI is InChI=1S/C11H21NO8/c13-2-4-8(16)5(10(18)11(19)20-4)9(17)6-7(15)3(14)1-12-6/h3-19H,1-2H2/t3?,4?,5-,6?,7?,8?,9+,10?,11+/m1/s1. The molecule has 9 atom stereocenters. The molecule has 0 saturated carbocycles. The van der Waals surface area contributed by atoms with Crippen molar-refractivity contribution >= 4 is 0 Å². The summed E-state index contributed by atoms with van der Waals surface area (Å²) in [6.45, 7) is -0.540. The van der Waals surface area contributed by atoms with Gasteiger partial charge in [0.25, 0.3) is 0 Å². The van der Waals surface area contributed by atoms with Gasteiger partial charge >= 0.3 is 0 Å². The van der Waals surface area contributed by atoms with E-state index in [1.807, 2.05) is 0 Å². The summed E-state index contributed by atoms with van der Waals surface area (Å²) >= 11 is 0. The fourth-order valence-electron chi connectivity index (χ4n) is 2.83. The molecule has 0 radical (unpaired) electrons. The molecular formula is C11H21NO8. The van der Waals surface area contributed by atoms with Crippen LogP contribution in [0.1, 0.15) is 0 Å². The van der Waals surface area contributed by atoms with Crippen molar-refractivity contribution in [3.8, 4) is 0 Å². The van der Waals surface area contributed by atoms with Gasteiger partial charge in [0.1, 0.15) is 12.2 Å². The number of rotatable bonds is 3. The molecule has 0 bridgehead atoms. The second-order valence-electron chi connectivity index (χ2n) is 5.29. The highest BCUT2D eigenvalue weighted by Gasteiger charge is 2.51. The Morgan fingerprint density at radius 3 is 2.20 bits per heavy atom. The van der Waals surface area contributed by atoms with Crippen molar-refractivity contribution in [1.29, 1.82) is 0 Å². The van der Waals surface area contributed by atoms with Crippen molar-refractivity contribution in [1.82, 2.24) is 5.32 Å². The second kappa shape index (κ2) is 6.18. The summed E-state index contributed by atoms with van der Waals surface area (Å²) in [7, 11) is 0. The van der Waals surface area contributed by atoms with Gasteiger partial charge in [-0.25, -0.2) is 0 Å². The first-order valence-corrected chi connectivity index (χ1v) is 6.46. The van der Waals surface area contributed by atoms with Gasteiger partial charge in [0.2, 0.25) is 0 Å². The highest BCUT2D eigenvalue weighted by Crippen LogP contribution is 2.30. The Balaban J connectivity index is 2.15. The number of ether oxygens (including phenoxy) is 1. The minimum absolute atomic E-state index is 0.0598. The molecular weight excluding hydrogens is 274 g/mol. The molecule has 118 valence electrons. The summed E-state index contributed by atoms with van der Waals surface area (Å²) < 4.78 is 4.81. The monoisotopic (exact) mass is 295 g/mol. The molecule has 0 aromatic rings. The smallest absolute Gasteiger partial charge is 0.181 e. The highest BCUT2D eigenvalue weighted by atomic mass is 16.6. The van der Waals surface area contributed by atoms with Crippen molar-refractivity contribution in [3.63, 3.8) is 0 Å². The van der Waals surface area contributed by atoms with Gasteiger partial charge < -0.3 is 45.8 Å². The normalized spacial score (nSPS) is 51.1. The number of aliphatic hydroxyl groups excluding tert-OH is 7. The lowest BCUT2D eigenvalue weighted by molar-refractivity contribution is -0.287. The number of β-amino-alcohol motifs (C(OH)–C–C–N with tert-alkyl or cyclic N) is 1. The lowest BCUT2D eigenvalue weighted by Gasteiger charge is -2.43. The zero-order valence-electron chi connectivity index (χ0n) is 10.6. The van der Waals surface area contributed by atoms with Crippen LogP contribution in [0.25, 0.3) is 0 Å². The summed E-state index contributed by atoms with van der Waals surface area (Å²) in [4.78, 5) is 0. The molecule has 0 aromatic carbocycles. The fourth-order valence-corrected chi connectivity index (χ4v) is 2.83. The summed E-state index contributed by atoms with van der Waals surface area (Å²) in [6.07, 6.45) is -9.62. The van der Waals surface area contributed by atoms with Gasteiger partial charge in [-0.15, -0.1) is 0 Å². The molecule has 20 heavy (non-hydrogen) atoms. The van der Waals surface area contributed by atoms with Crippen molar-refractivity contribution in [2.24, 2.45) is 5.92 Å². The number of aliphatic hydroxyl groups is 7. The third kappa shape index (κ3) is 2.69. The van der Waals surface area contributed by atoms with Crippen LogP contribution >= 0.6 is 0 Å². The molecule has 2 fully saturated rings. The Labute approximate surface area is 115 Å². The summed E-state index contributed by atoms with van der Waals surface area (Å²) in [6, 6.07) is -0.969. The molecule has 6 unspecified atom stereocenters. The maximum absolute atomic E-state index is 10.2. The topological polar surface area (TPSA) is 163 Å². The molecule has 0 spiro atoms. The van der Waals surface area contributed by atoms with Crippen LogP contribution in [0.4, 0.5) is 0 Å². The SMILES string of the molecule is OCC1O[C@H](O)C(O)[C@@H]([C@H](O)C2NCC(O)C2O)C1O. The Kier molecular flexibility index (Phi) is 4.95. The van der Waals surface area contributed by atoms with Crippen LogP contribution in [0.5, 0.6) is 0 Å². The maximum Gasteiger partial charge on any atom is 0.181 e. The Hall–Kier alpha value is -0.360. The number of hydrogen-bond acceptors (Lipinski definition) is 9. The van der Waals surface area contributed by atoms with E-state index in [1.54, 1.807) is 0 Å². The highest BCUT2D eigenvalue weighted by molar-refractivity contribution is 5.02. The summed E-state index contributed by atoms with van der Waals surface area (Å²) in [5.74, 6) is -1.24. The number of hydrogen-bond donors (Lipinski definition) is 8. The van der Waals surface area contributed by atoms with Crippen LogP contribution in [0, 0.1) is 5.92 Å². The van der Waals surface area contributed by atoms with Gasteiger partial charge in [0.05, 0.1) is 37.1 Å². The Bertz CT molecular complexity index is 332. The van der Waals surface area contributed by atoms with E-state index < -0.39 is 61.5 Å². The molecule has 2 aliphatic rings. The van der Waals surface area contributed by atoms with Gasteiger partial charge in [-0.3, -0.25) is 0 Å². The minimum atomic E-state index is -1.67. The molecule has 2 rings (SSSR count). The van der Waals surface area contributed by atoms with Crippen molar-refractivity contribution in [3.05, 3.63) is 0 Å². The quantitative estimate of drug-likeness (QED) is 0.255. The first-order valence-electron chi connectivity index (χ1n) is 6.46. The van der Waals surface area contributed by atoms with E-state index >= 15 is 0 Å². The predicted octanol–water partition coefficient (Wildman–Crippen LogP) is -4.91. The first kappa shape index (κ1) is 16.0. The predicted molar refractivity (Wildman–Crippen MR) is 63.3 cm³/mol. The Morgan fingerprint density at radius 2 is 1.70 bits per heavy atom. The van der Waals surface area contributed by atoms with E-state index in [1.165, 1.54) is 0 Å². The summed E-state index contributed by atoms with van der Waals surface area (Å²) in [5.41, 5.74) is 0. The fraction of sp³-hybridized carbons (Fsp3) is 1.00. The van der Waals surface area contributed by atoms with E-state index in [-0.39, 0.29) is 6.54 Å². The van der Waals surface area contributed by atoms with Crippen LogP contribution < -0.4 is 5.32 Å². The van der Waals surface area contributed by atoms with Crippen LogP contribution in [0.3, 0.4) is 0 Å². The van der Waals surface area contributed by atoms with Gasteiger partial charge in [-0.2, -0.15) is 0 Å². The molecule has 0 amide bonds. The van der Waals surface area contributed by atoms with Crippen LogP contribution in [-0.4, -0.2) is 97.9 Å². The van der Waals surface area contributed by atoms with Crippen molar-refractivity contribution in [2.75, 3.05) is 13.2 Å². The lowest BCUT2D eigenvalue weighted by Crippen LogP contribution is -2.62. The average molecular weight is 295 g/mol. The van der Waals surface area contributed by atoms with E-state index in [4.69, 9.17) is 9.84 Å². The second-order valence-corrected chi connectivity index (χ2v) is 5.29. The van der Waals surface area contributed by atoms with E-state index in [9.17, 15) is 30.6 Å². The summed E-state index contributed by atoms with van der Waals surface area (Å²) in [5, 5.41) is 70.6. The average Bonchev–Trinajstić information content (AvgIpc) is 2.74. The van der Waals surface area contributed by atoms with Crippen LogP contribution in [0.15, 0.2) is 0 Å². The molecule has 9 heteroatoms. The van der Waals surface area contributed by atoms with Gasteiger partial charge in [0, 0.05) is 12.5 Å². The van der Waals surface area contributed by atoms with Gasteiger partial charge in [-0.1, -0.05) is 0 Å². The zero-order valence-corrected chi connectivity index (χ0v) is 10.6. The Morgan fingerprint density at radius 1 is 1.05 bits per heavy atom. The molecule has 0 aliphatic carbocycles. The van der Waals surface area contributed by atoms with Crippen LogP contribution in [-0.2, 0) is 4.74 Å². The third-order valence-corrected chi connectivity index (χ3v) is 4.04. The minimum Gasteiger partial charge on any atom is -0.394 e. The molecule has 0 aromatic heterocycles. The molecule has 9 nitrogen and oxygen atoms in total. The third-order valence-electron chi connectivity index (χ3n) is 4.04. The molecule has 2 saturated heterocycles. The van der Waals surface area contributed by atoms with Gasteiger partial charge in [0.15, 0.2) is 6.29 Å². The van der Waals surface area contributed by atoms with E-state index in [2.05, 4.69) is 5.32 Å². The van der Waals surface area contributed by atoms with E-state index in [0.29, 0.717) is 0 Å². The van der Waals surface area contributed by atoms with Crippen molar-refractivity contribution in [2.45, 2.75) is 49.0 Å². The maximum atomic E-state index is 10.2. The van der Waals surface area contributed by atoms with Gasteiger partial charge in [-0.05, 0) is 0 Å². The van der Waals surface area contributed by atoms with E-state index in [0.717, 1.165) is 0 Å². The molecule has 2 heterocycles. The molecule has 2 aliphatic heterocycles. The van der Waals surface area contributed by atoms with Crippen LogP contribution in [0.2, 0.25) is 0 Å². The number of nitrogens with one attached hydrogen (secondary N) is 1. The molecule has 8 N–H and O–H groups in total.